The number of carboxylic acid groups (broad SMARTS) is 1. The molecule has 1 aromatic rings. The fourth-order valence-electron chi connectivity index (χ4n) is 0.959. The Hall–Kier alpha value is -1.10. The summed E-state index contributed by atoms with van der Waals surface area (Å²) in [5.41, 5.74) is 0.306. The van der Waals surface area contributed by atoms with Gasteiger partial charge in [0.2, 0.25) is 0 Å². The van der Waals surface area contributed by atoms with Gasteiger partial charge in [0.25, 0.3) is 0 Å². The fourth-order valence-corrected chi connectivity index (χ4v) is 1.83. The molecule has 16 heavy (non-hydrogen) atoms. The van der Waals surface area contributed by atoms with Crippen LogP contribution in [0.3, 0.4) is 0 Å². The van der Waals surface area contributed by atoms with Crippen molar-refractivity contribution < 1.29 is 18.7 Å². The van der Waals surface area contributed by atoms with Crippen LogP contribution in [0.4, 0.5) is 8.78 Å². The molecular weight excluding hydrogens is 234 g/mol. The number of benzene rings is 1. The first kappa shape index (κ1) is 13.0. The van der Waals surface area contributed by atoms with E-state index in [9.17, 15) is 13.6 Å². The van der Waals surface area contributed by atoms with Crippen LogP contribution in [0.5, 0.6) is 0 Å². The van der Waals surface area contributed by atoms with E-state index in [2.05, 4.69) is 0 Å². The van der Waals surface area contributed by atoms with Crippen molar-refractivity contribution in [3.8, 4) is 0 Å². The second kappa shape index (κ2) is 4.82. The number of aliphatic carboxylic acids is 1. The Morgan fingerprint density at radius 3 is 2.56 bits per heavy atom. The average molecular weight is 246 g/mol. The summed E-state index contributed by atoms with van der Waals surface area (Å²) < 4.78 is 24.8. The van der Waals surface area contributed by atoms with Crippen LogP contribution in [-0.2, 0) is 10.5 Å². The van der Waals surface area contributed by atoms with E-state index in [4.69, 9.17) is 5.11 Å². The van der Waals surface area contributed by atoms with Crippen molar-refractivity contribution in [1.82, 2.24) is 0 Å². The van der Waals surface area contributed by atoms with Crippen molar-refractivity contribution in [1.29, 1.82) is 0 Å². The monoisotopic (exact) mass is 246 g/mol. The van der Waals surface area contributed by atoms with Crippen LogP contribution in [0.1, 0.15) is 19.4 Å². The Balaban J connectivity index is 2.72. The summed E-state index contributed by atoms with van der Waals surface area (Å²) in [5.74, 6) is -2.04. The molecule has 2 nitrogen and oxygen atoms in total. The van der Waals surface area contributed by atoms with Crippen molar-refractivity contribution in [2.24, 2.45) is 0 Å². The number of hydrogen-bond acceptors (Lipinski definition) is 2. The summed E-state index contributed by atoms with van der Waals surface area (Å²) in [5, 5.41) is 8.86. The second-order valence-electron chi connectivity index (χ2n) is 3.84. The number of thioether (sulfide) groups is 1. The zero-order valence-corrected chi connectivity index (χ0v) is 9.78. The van der Waals surface area contributed by atoms with Gasteiger partial charge in [-0.3, -0.25) is 4.79 Å². The van der Waals surface area contributed by atoms with Crippen molar-refractivity contribution in [2.45, 2.75) is 24.3 Å². The molecular formula is C11H12F2O2S. The highest BCUT2D eigenvalue weighted by Crippen LogP contribution is 2.29. The fraction of sp³-hybridized carbons (Fsp3) is 0.364. The third kappa shape index (κ3) is 3.20. The van der Waals surface area contributed by atoms with Gasteiger partial charge in [0.1, 0.15) is 16.4 Å². The minimum atomic E-state index is -0.985. The van der Waals surface area contributed by atoms with E-state index >= 15 is 0 Å². The van der Waals surface area contributed by atoms with Gasteiger partial charge in [-0.1, -0.05) is 6.07 Å². The first-order valence-corrected chi connectivity index (χ1v) is 5.63. The lowest BCUT2D eigenvalue weighted by Crippen LogP contribution is -2.27. The minimum Gasteiger partial charge on any atom is -0.480 e. The van der Waals surface area contributed by atoms with Gasteiger partial charge in [-0.2, -0.15) is 0 Å². The molecule has 0 heterocycles. The van der Waals surface area contributed by atoms with Gasteiger partial charge < -0.3 is 5.11 Å². The van der Waals surface area contributed by atoms with Gasteiger partial charge in [0.05, 0.1) is 0 Å². The van der Waals surface area contributed by atoms with E-state index in [0.29, 0.717) is 5.56 Å². The van der Waals surface area contributed by atoms with E-state index in [1.807, 2.05) is 0 Å². The molecule has 0 aliphatic rings. The Labute approximate surface area is 96.7 Å². The van der Waals surface area contributed by atoms with Crippen molar-refractivity contribution in [3.05, 3.63) is 35.4 Å². The summed E-state index contributed by atoms with van der Waals surface area (Å²) in [6, 6.07) is 3.28. The topological polar surface area (TPSA) is 37.3 Å². The summed E-state index contributed by atoms with van der Waals surface area (Å²) in [6.07, 6.45) is 0. The molecule has 0 amide bonds. The third-order valence-corrected chi connectivity index (χ3v) is 3.47. The van der Waals surface area contributed by atoms with Crippen LogP contribution in [0.15, 0.2) is 18.2 Å². The van der Waals surface area contributed by atoms with E-state index < -0.39 is 22.4 Å². The maximum Gasteiger partial charge on any atom is 0.319 e. The Bertz CT molecular complexity index is 405. The molecule has 0 radical (unpaired) electrons. The zero-order valence-electron chi connectivity index (χ0n) is 8.96. The second-order valence-corrected chi connectivity index (χ2v) is 5.44. The lowest BCUT2D eigenvalue weighted by molar-refractivity contribution is -0.138. The smallest absolute Gasteiger partial charge is 0.319 e. The molecule has 5 heteroatoms. The molecule has 0 spiro atoms. The minimum absolute atomic E-state index is 0.200. The molecule has 0 aliphatic carbocycles. The van der Waals surface area contributed by atoms with Crippen LogP contribution >= 0.6 is 11.8 Å². The predicted octanol–water partition coefficient (Wildman–Crippen LogP) is 3.06. The first-order chi connectivity index (χ1) is 7.33. The van der Waals surface area contributed by atoms with Gasteiger partial charge in [-0.05, 0) is 25.5 Å². The summed E-state index contributed by atoms with van der Waals surface area (Å²) in [4.78, 5) is 10.8. The Morgan fingerprint density at radius 1 is 1.44 bits per heavy atom. The van der Waals surface area contributed by atoms with Gasteiger partial charge in [-0.15, -0.1) is 11.8 Å². The number of hydrogen-bond donors (Lipinski definition) is 1. The van der Waals surface area contributed by atoms with Crippen LogP contribution < -0.4 is 0 Å². The maximum absolute atomic E-state index is 13.2. The highest BCUT2D eigenvalue weighted by molar-refractivity contribution is 8.00. The Morgan fingerprint density at radius 2 is 2.06 bits per heavy atom. The van der Waals surface area contributed by atoms with Crippen LogP contribution in [0.2, 0.25) is 0 Å². The zero-order chi connectivity index (χ0) is 12.3. The molecule has 0 fully saturated rings. The summed E-state index contributed by atoms with van der Waals surface area (Å²) in [7, 11) is 0. The van der Waals surface area contributed by atoms with Crippen LogP contribution in [-0.4, -0.2) is 15.8 Å². The van der Waals surface area contributed by atoms with Crippen LogP contribution in [0.25, 0.3) is 0 Å². The number of halogens is 2. The largest absolute Gasteiger partial charge is 0.480 e. The van der Waals surface area contributed by atoms with Crippen molar-refractivity contribution in [2.75, 3.05) is 0 Å². The van der Waals surface area contributed by atoms with Crippen molar-refractivity contribution in [3.63, 3.8) is 0 Å². The molecule has 0 bridgehead atoms. The highest BCUT2D eigenvalue weighted by atomic mass is 32.2. The van der Waals surface area contributed by atoms with E-state index in [1.54, 1.807) is 13.8 Å². The van der Waals surface area contributed by atoms with Gasteiger partial charge in [-0.25, -0.2) is 8.78 Å². The maximum atomic E-state index is 13.2. The van der Waals surface area contributed by atoms with Crippen molar-refractivity contribution >= 4 is 17.7 Å². The van der Waals surface area contributed by atoms with Gasteiger partial charge in [0.15, 0.2) is 0 Å². The predicted molar refractivity (Wildman–Crippen MR) is 59.4 cm³/mol. The lowest BCUT2D eigenvalue weighted by atomic mass is 10.2. The standard InChI is InChI=1S/C11H12F2O2S/c1-11(2,10(14)15)16-6-7-3-4-8(12)5-9(7)13/h3-5H,6H2,1-2H3,(H,14,15). The van der Waals surface area contributed by atoms with Gasteiger partial charge in [0, 0.05) is 11.8 Å². The normalized spacial score (nSPS) is 11.5. The quantitative estimate of drug-likeness (QED) is 0.887. The molecule has 0 unspecified atom stereocenters. The number of carboxylic acids is 1. The first-order valence-electron chi connectivity index (χ1n) is 4.64. The number of carbonyl (C=O) groups is 1. The third-order valence-electron chi connectivity index (χ3n) is 2.12. The van der Waals surface area contributed by atoms with E-state index in [1.165, 1.54) is 6.07 Å². The number of rotatable bonds is 4. The molecule has 1 rings (SSSR count). The summed E-state index contributed by atoms with van der Waals surface area (Å²) in [6.45, 7) is 3.09. The highest BCUT2D eigenvalue weighted by Gasteiger charge is 2.27. The summed E-state index contributed by atoms with van der Waals surface area (Å²) >= 11 is 1.10. The SMILES string of the molecule is CC(C)(SCc1ccc(F)cc1F)C(=O)O. The average Bonchev–Trinajstić information content (AvgIpc) is 2.16. The molecule has 0 saturated carbocycles. The molecule has 1 N–H and O–H groups in total. The van der Waals surface area contributed by atoms with E-state index in [0.717, 1.165) is 23.9 Å². The Kier molecular flexibility index (Phi) is 3.91. The molecule has 1 aromatic carbocycles. The lowest BCUT2D eigenvalue weighted by Gasteiger charge is -2.18. The van der Waals surface area contributed by atoms with E-state index in [-0.39, 0.29) is 5.75 Å². The molecule has 0 saturated heterocycles. The molecule has 88 valence electrons. The van der Waals surface area contributed by atoms with Crippen LogP contribution in [0, 0.1) is 11.6 Å². The molecule has 0 aromatic heterocycles. The van der Waals surface area contributed by atoms with Gasteiger partial charge >= 0.3 is 5.97 Å². The molecule has 0 atom stereocenters. The molecule has 0 aliphatic heterocycles.